The van der Waals surface area contributed by atoms with Crippen LogP contribution in [0, 0.1) is 12.3 Å². The van der Waals surface area contributed by atoms with E-state index in [-0.39, 0.29) is 16.7 Å². The van der Waals surface area contributed by atoms with E-state index >= 15 is 0 Å². The highest BCUT2D eigenvalue weighted by Crippen LogP contribution is 2.47. The largest absolute Gasteiger partial charge is 0.496 e. The monoisotopic (exact) mass is 316 g/mol. The number of ether oxygens (including phenoxy) is 1. The van der Waals surface area contributed by atoms with Crippen LogP contribution in [0.5, 0.6) is 5.75 Å². The average Bonchev–Trinajstić information content (AvgIpc) is 2.91. The lowest BCUT2D eigenvalue weighted by molar-refractivity contribution is -0.140. The van der Waals surface area contributed by atoms with Gasteiger partial charge in [0.25, 0.3) is 0 Å². The zero-order valence-electron chi connectivity index (χ0n) is 14.5. The second kappa shape index (κ2) is 5.82. The van der Waals surface area contributed by atoms with Crippen molar-refractivity contribution in [3.05, 3.63) is 29.3 Å². The number of rotatable bonds is 4. The molecule has 1 saturated carbocycles. The summed E-state index contributed by atoms with van der Waals surface area (Å²) >= 11 is 0. The summed E-state index contributed by atoms with van der Waals surface area (Å²) in [6.07, 6.45) is 3.99. The second-order valence-electron chi connectivity index (χ2n) is 7.61. The first-order valence-corrected chi connectivity index (χ1v) is 8.59. The van der Waals surface area contributed by atoms with E-state index in [4.69, 9.17) is 10.5 Å². The third kappa shape index (κ3) is 2.63. The van der Waals surface area contributed by atoms with Gasteiger partial charge < -0.3 is 15.4 Å². The van der Waals surface area contributed by atoms with Crippen molar-refractivity contribution in [1.82, 2.24) is 4.90 Å². The van der Waals surface area contributed by atoms with Crippen molar-refractivity contribution in [3.63, 3.8) is 0 Å². The van der Waals surface area contributed by atoms with Crippen LogP contribution in [-0.2, 0) is 10.2 Å². The standard InChI is InChI=1S/C19H28N2O2/c1-14-5-6-15(11-16(14)23-3)19(7-4-8-19)17(22)21-10-9-18(2,12-20)13-21/h5-6,11H,4,7-10,12-13,20H2,1-3H3. The Kier molecular flexibility index (Phi) is 4.13. The molecule has 126 valence electrons. The van der Waals surface area contributed by atoms with Gasteiger partial charge >= 0.3 is 0 Å². The van der Waals surface area contributed by atoms with Gasteiger partial charge in [0.15, 0.2) is 0 Å². The van der Waals surface area contributed by atoms with Crippen molar-refractivity contribution in [2.24, 2.45) is 11.1 Å². The Morgan fingerprint density at radius 1 is 1.35 bits per heavy atom. The number of nitrogens with zero attached hydrogens (tertiary/aromatic N) is 1. The lowest BCUT2D eigenvalue weighted by Gasteiger charge is -2.43. The predicted molar refractivity (Wildman–Crippen MR) is 91.6 cm³/mol. The molecular weight excluding hydrogens is 288 g/mol. The zero-order chi connectivity index (χ0) is 16.7. The molecule has 1 heterocycles. The minimum absolute atomic E-state index is 0.0750. The van der Waals surface area contributed by atoms with Gasteiger partial charge in [-0.2, -0.15) is 0 Å². The Hall–Kier alpha value is -1.55. The molecule has 1 atom stereocenters. The maximum absolute atomic E-state index is 13.3. The van der Waals surface area contributed by atoms with Crippen LogP contribution < -0.4 is 10.5 Å². The van der Waals surface area contributed by atoms with Crippen LogP contribution >= 0.6 is 0 Å². The molecule has 0 aromatic heterocycles. The quantitative estimate of drug-likeness (QED) is 0.929. The molecule has 4 heteroatoms. The zero-order valence-corrected chi connectivity index (χ0v) is 14.5. The van der Waals surface area contributed by atoms with Gasteiger partial charge in [0.1, 0.15) is 5.75 Å². The normalized spacial score (nSPS) is 26.0. The molecule has 0 bridgehead atoms. The van der Waals surface area contributed by atoms with Crippen molar-refractivity contribution in [1.29, 1.82) is 0 Å². The molecular formula is C19H28N2O2. The van der Waals surface area contributed by atoms with Crippen molar-refractivity contribution in [3.8, 4) is 5.75 Å². The lowest BCUT2D eigenvalue weighted by atomic mass is 9.63. The van der Waals surface area contributed by atoms with E-state index < -0.39 is 0 Å². The highest BCUT2D eigenvalue weighted by atomic mass is 16.5. The van der Waals surface area contributed by atoms with Gasteiger partial charge in [0, 0.05) is 13.1 Å². The number of likely N-dealkylation sites (tertiary alicyclic amines) is 1. The lowest BCUT2D eigenvalue weighted by Crippen LogP contribution is -2.51. The molecule has 2 aliphatic rings. The van der Waals surface area contributed by atoms with E-state index in [1.807, 2.05) is 11.8 Å². The number of benzene rings is 1. The molecule has 1 aromatic carbocycles. The number of aryl methyl sites for hydroxylation is 1. The minimum atomic E-state index is -0.346. The molecule has 1 unspecified atom stereocenters. The third-order valence-electron chi connectivity index (χ3n) is 5.92. The van der Waals surface area contributed by atoms with E-state index in [2.05, 4.69) is 25.1 Å². The van der Waals surface area contributed by atoms with Crippen molar-refractivity contribution in [2.45, 2.75) is 44.9 Å². The summed E-state index contributed by atoms with van der Waals surface area (Å²) in [5.74, 6) is 1.15. The Morgan fingerprint density at radius 2 is 2.09 bits per heavy atom. The highest BCUT2D eigenvalue weighted by Gasteiger charge is 2.50. The molecule has 0 spiro atoms. The molecule has 1 aromatic rings. The van der Waals surface area contributed by atoms with Crippen LogP contribution in [0.4, 0.5) is 0 Å². The molecule has 1 aliphatic carbocycles. The molecule has 1 amide bonds. The fourth-order valence-corrected chi connectivity index (χ4v) is 3.94. The Balaban J connectivity index is 1.88. The number of nitrogens with two attached hydrogens (primary N) is 1. The molecule has 1 saturated heterocycles. The van der Waals surface area contributed by atoms with Crippen molar-refractivity contribution >= 4 is 5.91 Å². The summed E-state index contributed by atoms with van der Waals surface area (Å²) in [7, 11) is 1.69. The number of methoxy groups -OCH3 is 1. The predicted octanol–water partition coefficient (Wildman–Crippen LogP) is 2.62. The SMILES string of the molecule is COc1cc(C2(C(=O)N3CCC(C)(CN)C3)CCC2)ccc1C. The van der Waals surface area contributed by atoms with Gasteiger partial charge in [0.2, 0.25) is 5.91 Å². The van der Waals surface area contributed by atoms with E-state index in [0.29, 0.717) is 6.54 Å². The minimum Gasteiger partial charge on any atom is -0.496 e. The summed E-state index contributed by atoms with van der Waals surface area (Å²) in [4.78, 5) is 15.3. The van der Waals surface area contributed by atoms with Gasteiger partial charge in [-0.15, -0.1) is 0 Å². The number of hydrogen-bond acceptors (Lipinski definition) is 3. The second-order valence-corrected chi connectivity index (χ2v) is 7.61. The van der Waals surface area contributed by atoms with Crippen molar-refractivity contribution in [2.75, 3.05) is 26.7 Å². The number of hydrogen-bond donors (Lipinski definition) is 1. The maximum Gasteiger partial charge on any atom is 0.233 e. The van der Waals surface area contributed by atoms with Gasteiger partial charge in [-0.05, 0) is 55.3 Å². The number of amides is 1. The van der Waals surface area contributed by atoms with Crippen LogP contribution in [0.25, 0.3) is 0 Å². The van der Waals surface area contributed by atoms with Crippen molar-refractivity contribution < 1.29 is 9.53 Å². The smallest absolute Gasteiger partial charge is 0.233 e. The molecule has 2 fully saturated rings. The van der Waals surface area contributed by atoms with Gasteiger partial charge in [-0.25, -0.2) is 0 Å². The van der Waals surface area contributed by atoms with Gasteiger partial charge in [-0.3, -0.25) is 4.79 Å². The summed E-state index contributed by atoms with van der Waals surface area (Å²) in [5.41, 5.74) is 7.84. The van der Waals surface area contributed by atoms with E-state index in [1.54, 1.807) is 7.11 Å². The first kappa shape index (κ1) is 16.3. The summed E-state index contributed by atoms with van der Waals surface area (Å²) in [6, 6.07) is 6.23. The topological polar surface area (TPSA) is 55.6 Å². The molecule has 1 aliphatic heterocycles. The van der Waals surface area contributed by atoms with Crippen LogP contribution in [0.15, 0.2) is 18.2 Å². The fourth-order valence-electron chi connectivity index (χ4n) is 3.94. The maximum atomic E-state index is 13.3. The van der Waals surface area contributed by atoms with E-state index in [0.717, 1.165) is 55.6 Å². The fraction of sp³-hybridized carbons (Fsp3) is 0.632. The average molecular weight is 316 g/mol. The van der Waals surface area contributed by atoms with Crippen LogP contribution in [-0.4, -0.2) is 37.6 Å². The van der Waals surface area contributed by atoms with Gasteiger partial charge in [-0.1, -0.05) is 25.5 Å². The molecule has 3 rings (SSSR count). The number of carbonyl (C=O) groups is 1. The Labute approximate surface area is 139 Å². The highest BCUT2D eigenvalue weighted by molar-refractivity contribution is 5.89. The summed E-state index contributed by atoms with van der Waals surface area (Å²) in [6.45, 7) is 6.47. The first-order valence-electron chi connectivity index (χ1n) is 8.59. The number of carbonyl (C=O) groups excluding carboxylic acids is 1. The summed E-state index contributed by atoms with van der Waals surface area (Å²) < 4.78 is 5.46. The molecule has 4 nitrogen and oxygen atoms in total. The summed E-state index contributed by atoms with van der Waals surface area (Å²) in [5, 5.41) is 0. The molecule has 0 radical (unpaired) electrons. The van der Waals surface area contributed by atoms with E-state index in [9.17, 15) is 4.79 Å². The van der Waals surface area contributed by atoms with Crippen LogP contribution in [0.1, 0.15) is 43.7 Å². The Bertz CT molecular complexity index is 609. The van der Waals surface area contributed by atoms with Crippen LogP contribution in [0.3, 0.4) is 0 Å². The third-order valence-corrected chi connectivity index (χ3v) is 5.92. The molecule has 23 heavy (non-hydrogen) atoms. The van der Waals surface area contributed by atoms with E-state index in [1.165, 1.54) is 0 Å². The van der Waals surface area contributed by atoms with Gasteiger partial charge in [0.05, 0.1) is 12.5 Å². The first-order chi connectivity index (χ1) is 10.9. The Morgan fingerprint density at radius 3 is 2.61 bits per heavy atom. The molecule has 2 N–H and O–H groups in total. The van der Waals surface area contributed by atoms with Crippen LogP contribution in [0.2, 0.25) is 0 Å².